The minimum Gasteiger partial charge on any atom is -0.390 e. The van der Waals surface area contributed by atoms with Crippen LogP contribution in [-0.2, 0) is 0 Å². The van der Waals surface area contributed by atoms with Gasteiger partial charge in [-0.3, -0.25) is 0 Å². The number of nitrogens with one attached hydrogen (secondary N) is 1. The van der Waals surface area contributed by atoms with Crippen LogP contribution in [0.1, 0.15) is 51.6 Å². The molecule has 1 aromatic carbocycles. The molecule has 1 heterocycles. The molecule has 0 radical (unpaired) electrons. The molecule has 4 heteroatoms. The van der Waals surface area contributed by atoms with Crippen molar-refractivity contribution in [2.45, 2.75) is 51.7 Å². The van der Waals surface area contributed by atoms with Crippen molar-refractivity contribution in [3.63, 3.8) is 0 Å². The third-order valence-electron chi connectivity index (χ3n) is 4.34. The number of hydrogen-bond acceptors (Lipinski definition) is 3. The van der Waals surface area contributed by atoms with Gasteiger partial charge in [-0.25, -0.2) is 4.39 Å². The Morgan fingerprint density at radius 2 is 2.05 bits per heavy atom. The second-order valence-corrected chi connectivity index (χ2v) is 6.34. The normalized spacial score (nSPS) is 19.6. The molecule has 1 atom stereocenters. The highest BCUT2D eigenvalue weighted by Gasteiger charge is 2.30. The standard InChI is InChI=1S/C17H27FN2O/c1-4-10-19-13(2)14-6-5-7-15(18)16(14)20-11-8-17(3,21)9-12-20/h5-7,13,19,21H,4,8-12H2,1-3H3. The summed E-state index contributed by atoms with van der Waals surface area (Å²) in [6.07, 6.45) is 2.41. The van der Waals surface area contributed by atoms with Crippen LogP contribution in [0.25, 0.3) is 0 Å². The molecule has 1 aliphatic rings. The van der Waals surface area contributed by atoms with Gasteiger partial charge in [0.15, 0.2) is 0 Å². The molecule has 118 valence electrons. The van der Waals surface area contributed by atoms with E-state index in [2.05, 4.69) is 24.1 Å². The zero-order valence-corrected chi connectivity index (χ0v) is 13.3. The van der Waals surface area contributed by atoms with E-state index in [9.17, 15) is 9.50 Å². The summed E-state index contributed by atoms with van der Waals surface area (Å²) in [5, 5.41) is 13.5. The van der Waals surface area contributed by atoms with Gasteiger partial charge in [-0.05, 0) is 51.3 Å². The summed E-state index contributed by atoms with van der Waals surface area (Å²) in [4.78, 5) is 2.08. The Morgan fingerprint density at radius 3 is 2.67 bits per heavy atom. The van der Waals surface area contributed by atoms with Gasteiger partial charge in [-0.1, -0.05) is 19.1 Å². The molecule has 2 N–H and O–H groups in total. The number of para-hydroxylation sites is 1. The number of nitrogens with zero attached hydrogens (tertiary/aromatic N) is 1. The quantitative estimate of drug-likeness (QED) is 0.875. The fourth-order valence-corrected chi connectivity index (χ4v) is 2.90. The maximum absolute atomic E-state index is 14.4. The largest absolute Gasteiger partial charge is 0.390 e. The van der Waals surface area contributed by atoms with E-state index in [-0.39, 0.29) is 11.9 Å². The molecule has 0 spiro atoms. The van der Waals surface area contributed by atoms with Crippen LogP contribution in [0.5, 0.6) is 0 Å². The van der Waals surface area contributed by atoms with Gasteiger partial charge in [-0.2, -0.15) is 0 Å². The van der Waals surface area contributed by atoms with Gasteiger partial charge >= 0.3 is 0 Å². The summed E-state index contributed by atoms with van der Waals surface area (Å²) >= 11 is 0. The first kappa shape index (κ1) is 16.2. The number of hydrogen-bond donors (Lipinski definition) is 2. The van der Waals surface area contributed by atoms with E-state index < -0.39 is 5.60 Å². The second kappa shape index (κ2) is 6.75. The van der Waals surface area contributed by atoms with E-state index in [1.165, 1.54) is 6.07 Å². The van der Waals surface area contributed by atoms with Crippen LogP contribution in [0.2, 0.25) is 0 Å². The van der Waals surface area contributed by atoms with Gasteiger partial charge in [0.25, 0.3) is 0 Å². The van der Waals surface area contributed by atoms with Gasteiger partial charge in [0.05, 0.1) is 11.3 Å². The molecule has 0 amide bonds. The summed E-state index contributed by atoms with van der Waals surface area (Å²) < 4.78 is 14.4. The molecular weight excluding hydrogens is 267 g/mol. The first-order valence-electron chi connectivity index (χ1n) is 7.94. The van der Waals surface area contributed by atoms with Crippen molar-refractivity contribution in [1.29, 1.82) is 0 Å². The Balaban J connectivity index is 2.22. The number of benzene rings is 1. The Morgan fingerprint density at radius 1 is 1.38 bits per heavy atom. The number of piperidine rings is 1. The molecule has 0 bridgehead atoms. The average Bonchev–Trinajstić information content (AvgIpc) is 2.45. The highest BCUT2D eigenvalue weighted by molar-refractivity contribution is 5.56. The molecule has 3 nitrogen and oxygen atoms in total. The van der Waals surface area contributed by atoms with E-state index in [1.54, 1.807) is 6.07 Å². The average molecular weight is 294 g/mol. The van der Waals surface area contributed by atoms with Gasteiger partial charge in [0.2, 0.25) is 0 Å². The lowest BCUT2D eigenvalue weighted by Crippen LogP contribution is -2.43. The lowest BCUT2D eigenvalue weighted by Gasteiger charge is -2.38. The van der Waals surface area contributed by atoms with E-state index in [0.29, 0.717) is 31.6 Å². The van der Waals surface area contributed by atoms with Crippen LogP contribution in [0.15, 0.2) is 18.2 Å². The summed E-state index contributed by atoms with van der Waals surface area (Å²) in [5.41, 5.74) is 1.09. The van der Waals surface area contributed by atoms with Crippen molar-refractivity contribution < 1.29 is 9.50 Å². The van der Waals surface area contributed by atoms with E-state index in [4.69, 9.17) is 0 Å². The van der Waals surface area contributed by atoms with Crippen LogP contribution >= 0.6 is 0 Å². The molecule has 1 aromatic rings. The molecule has 1 saturated heterocycles. The summed E-state index contributed by atoms with van der Waals surface area (Å²) in [5.74, 6) is -0.167. The van der Waals surface area contributed by atoms with Crippen molar-refractivity contribution in [3.8, 4) is 0 Å². The fourth-order valence-electron chi connectivity index (χ4n) is 2.90. The minimum absolute atomic E-state index is 0.123. The molecule has 1 fully saturated rings. The summed E-state index contributed by atoms with van der Waals surface area (Å²) in [6.45, 7) is 8.37. The van der Waals surface area contributed by atoms with Gasteiger partial charge in [-0.15, -0.1) is 0 Å². The third kappa shape index (κ3) is 3.95. The van der Waals surface area contributed by atoms with E-state index >= 15 is 0 Å². The topological polar surface area (TPSA) is 35.5 Å². The molecule has 2 rings (SSSR count). The smallest absolute Gasteiger partial charge is 0.146 e. The first-order valence-corrected chi connectivity index (χ1v) is 7.94. The minimum atomic E-state index is -0.617. The fraction of sp³-hybridized carbons (Fsp3) is 0.647. The third-order valence-corrected chi connectivity index (χ3v) is 4.34. The zero-order chi connectivity index (χ0) is 15.5. The molecule has 1 unspecified atom stereocenters. The molecule has 0 aliphatic carbocycles. The summed E-state index contributed by atoms with van der Waals surface area (Å²) in [6, 6.07) is 5.42. The highest BCUT2D eigenvalue weighted by Crippen LogP contribution is 2.33. The molecular formula is C17H27FN2O. The van der Waals surface area contributed by atoms with Crippen LogP contribution in [0.4, 0.5) is 10.1 Å². The number of rotatable bonds is 5. The van der Waals surface area contributed by atoms with Gasteiger partial charge in [0, 0.05) is 19.1 Å². The van der Waals surface area contributed by atoms with Crippen LogP contribution in [-0.4, -0.2) is 30.3 Å². The van der Waals surface area contributed by atoms with Crippen molar-refractivity contribution >= 4 is 5.69 Å². The van der Waals surface area contributed by atoms with E-state index in [0.717, 1.165) is 18.5 Å². The Hall–Kier alpha value is -1.13. The maximum atomic E-state index is 14.4. The van der Waals surface area contributed by atoms with Gasteiger partial charge in [0.1, 0.15) is 5.82 Å². The van der Waals surface area contributed by atoms with Crippen molar-refractivity contribution in [3.05, 3.63) is 29.6 Å². The second-order valence-electron chi connectivity index (χ2n) is 6.34. The predicted molar refractivity (Wildman–Crippen MR) is 85.2 cm³/mol. The molecule has 1 aliphatic heterocycles. The zero-order valence-electron chi connectivity index (χ0n) is 13.3. The Labute approximate surface area is 127 Å². The maximum Gasteiger partial charge on any atom is 0.146 e. The number of anilines is 1. The monoisotopic (exact) mass is 294 g/mol. The van der Waals surface area contributed by atoms with E-state index in [1.807, 2.05) is 13.0 Å². The summed E-state index contributed by atoms with van der Waals surface area (Å²) in [7, 11) is 0. The van der Waals surface area contributed by atoms with Gasteiger partial charge < -0.3 is 15.3 Å². The van der Waals surface area contributed by atoms with Crippen molar-refractivity contribution in [2.24, 2.45) is 0 Å². The highest BCUT2D eigenvalue weighted by atomic mass is 19.1. The SMILES string of the molecule is CCCNC(C)c1cccc(F)c1N1CCC(C)(O)CC1. The molecule has 0 aromatic heterocycles. The Kier molecular flexibility index (Phi) is 5.22. The Bertz CT molecular complexity index is 466. The first-order chi connectivity index (χ1) is 9.94. The van der Waals surface area contributed by atoms with Crippen LogP contribution < -0.4 is 10.2 Å². The molecule has 0 saturated carbocycles. The van der Waals surface area contributed by atoms with Crippen LogP contribution in [0, 0.1) is 5.82 Å². The predicted octanol–water partition coefficient (Wildman–Crippen LogP) is 3.24. The van der Waals surface area contributed by atoms with Crippen LogP contribution in [0.3, 0.4) is 0 Å². The lowest BCUT2D eigenvalue weighted by atomic mass is 9.92. The number of halogens is 1. The number of aliphatic hydroxyl groups is 1. The van der Waals surface area contributed by atoms with Crippen molar-refractivity contribution in [2.75, 3.05) is 24.5 Å². The van der Waals surface area contributed by atoms with Crippen molar-refractivity contribution in [1.82, 2.24) is 5.32 Å². The lowest BCUT2D eigenvalue weighted by molar-refractivity contribution is 0.0350. The molecule has 21 heavy (non-hydrogen) atoms.